The predicted octanol–water partition coefficient (Wildman–Crippen LogP) is 3.94. The highest BCUT2D eigenvalue weighted by Crippen LogP contribution is 2.32. The van der Waals surface area contributed by atoms with E-state index >= 15 is 0 Å². The zero-order valence-corrected chi connectivity index (χ0v) is 16.3. The summed E-state index contributed by atoms with van der Waals surface area (Å²) in [6.45, 7) is 1.58. The summed E-state index contributed by atoms with van der Waals surface area (Å²) in [5, 5.41) is 19.9. The number of nitro benzene ring substituents is 1. The molecular formula is C19H15N5O4S. The number of amides is 1. The summed E-state index contributed by atoms with van der Waals surface area (Å²) in [7, 11) is 1.60. The van der Waals surface area contributed by atoms with Crippen LogP contribution in [0.25, 0.3) is 16.2 Å². The van der Waals surface area contributed by atoms with Gasteiger partial charge >= 0.3 is 0 Å². The topological polar surface area (TPSA) is 112 Å². The second-order valence-electron chi connectivity index (χ2n) is 6.16. The Morgan fingerprint density at radius 2 is 2.07 bits per heavy atom. The molecule has 0 saturated heterocycles. The molecule has 4 rings (SSSR count). The lowest BCUT2D eigenvalue weighted by molar-refractivity contribution is -0.385. The average Bonchev–Trinajstić information content (AvgIpc) is 3.27. The van der Waals surface area contributed by atoms with Gasteiger partial charge in [0.05, 0.1) is 17.7 Å². The van der Waals surface area contributed by atoms with Gasteiger partial charge in [0.2, 0.25) is 4.96 Å². The van der Waals surface area contributed by atoms with Crippen LogP contribution in [0.1, 0.15) is 15.9 Å². The number of methoxy groups -OCH3 is 1. The Labute approximate surface area is 168 Å². The third-order valence-corrected chi connectivity index (χ3v) is 5.16. The van der Waals surface area contributed by atoms with E-state index in [1.807, 2.05) is 29.6 Å². The molecule has 0 fully saturated rings. The maximum absolute atomic E-state index is 12.5. The van der Waals surface area contributed by atoms with Crippen molar-refractivity contribution in [3.8, 4) is 17.0 Å². The molecule has 10 heteroatoms. The van der Waals surface area contributed by atoms with Gasteiger partial charge in [-0.05, 0) is 31.2 Å². The first-order valence-corrected chi connectivity index (χ1v) is 9.40. The Morgan fingerprint density at radius 1 is 1.28 bits per heavy atom. The maximum atomic E-state index is 12.5. The molecule has 1 N–H and O–H groups in total. The molecule has 146 valence electrons. The van der Waals surface area contributed by atoms with Crippen LogP contribution in [0.2, 0.25) is 0 Å². The van der Waals surface area contributed by atoms with Gasteiger partial charge in [-0.3, -0.25) is 20.2 Å². The predicted molar refractivity (Wildman–Crippen MR) is 109 cm³/mol. The van der Waals surface area contributed by atoms with Gasteiger partial charge in [0, 0.05) is 28.1 Å². The molecule has 0 aliphatic carbocycles. The lowest BCUT2D eigenvalue weighted by Gasteiger charge is -2.06. The largest absolute Gasteiger partial charge is 0.496 e. The number of ether oxygens (including phenoxy) is 1. The Balaban J connectivity index is 1.63. The van der Waals surface area contributed by atoms with Crippen molar-refractivity contribution in [2.24, 2.45) is 0 Å². The van der Waals surface area contributed by atoms with Gasteiger partial charge in [-0.15, -0.1) is 16.4 Å². The maximum Gasteiger partial charge on any atom is 0.272 e. The van der Waals surface area contributed by atoms with Gasteiger partial charge in [0.15, 0.2) is 0 Å². The summed E-state index contributed by atoms with van der Waals surface area (Å²) in [6, 6.07) is 11.7. The third-order valence-electron chi connectivity index (χ3n) is 4.35. The van der Waals surface area contributed by atoms with E-state index < -0.39 is 10.8 Å². The number of hydrogen-bond donors (Lipinski definition) is 1. The Kier molecular flexibility index (Phi) is 4.69. The SMILES string of the molecule is COc1ccccc1-c1csc2nc(NC(=O)c3ccc([N+](=O)[O-])c(C)c3)nn12. The van der Waals surface area contributed by atoms with Gasteiger partial charge in [-0.1, -0.05) is 12.1 Å². The normalized spacial score (nSPS) is 10.8. The fourth-order valence-corrected chi connectivity index (χ4v) is 3.77. The van der Waals surface area contributed by atoms with E-state index in [1.54, 1.807) is 18.5 Å². The van der Waals surface area contributed by atoms with Crippen LogP contribution >= 0.6 is 11.3 Å². The fourth-order valence-electron chi connectivity index (χ4n) is 2.95. The smallest absolute Gasteiger partial charge is 0.272 e. The van der Waals surface area contributed by atoms with E-state index in [2.05, 4.69) is 15.4 Å². The molecule has 0 unspecified atom stereocenters. The summed E-state index contributed by atoms with van der Waals surface area (Å²) >= 11 is 1.39. The standard InChI is InChI=1S/C19H15N5O4S/c1-11-9-12(7-8-14(11)24(26)27)17(25)20-18-21-19-23(22-18)15(10-29-19)13-5-3-4-6-16(13)28-2/h3-10H,1-2H3,(H,20,22,25). The zero-order valence-electron chi connectivity index (χ0n) is 15.4. The molecule has 0 spiro atoms. The number of thiazole rings is 1. The first-order chi connectivity index (χ1) is 14.0. The number of aromatic nitrogens is 3. The summed E-state index contributed by atoms with van der Waals surface area (Å²) < 4.78 is 7.05. The molecule has 0 aliphatic rings. The van der Waals surface area contributed by atoms with Crippen LogP contribution in [-0.4, -0.2) is 32.5 Å². The number of carbonyl (C=O) groups is 1. The number of para-hydroxylation sites is 1. The van der Waals surface area contributed by atoms with Gasteiger partial charge in [0.25, 0.3) is 17.5 Å². The van der Waals surface area contributed by atoms with Crippen molar-refractivity contribution in [3.63, 3.8) is 0 Å². The molecule has 0 saturated carbocycles. The molecule has 29 heavy (non-hydrogen) atoms. The number of anilines is 1. The van der Waals surface area contributed by atoms with Crippen molar-refractivity contribution in [3.05, 3.63) is 69.1 Å². The van der Waals surface area contributed by atoms with E-state index in [1.165, 1.54) is 29.5 Å². The van der Waals surface area contributed by atoms with Crippen LogP contribution in [0.15, 0.2) is 47.8 Å². The first-order valence-electron chi connectivity index (χ1n) is 8.52. The summed E-state index contributed by atoms with van der Waals surface area (Å²) in [5.41, 5.74) is 2.30. The lowest BCUT2D eigenvalue weighted by atomic mass is 10.1. The Bertz CT molecular complexity index is 1250. The minimum Gasteiger partial charge on any atom is -0.496 e. The van der Waals surface area contributed by atoms with Gasteiger partial charge in [0.1, 0.15) is 5.75 Å². The molecule has 0 aliphatic heterocycles. The van der Waals surface area contributed by atoms with Gasteiger partial charge < -0.3 is 4.74 Å². The van der Waals surface area contributed by atoms with Gasteiger partial charge in [-0.25, -0.2) is 4.52 Å². The van der Waals surface area contributed by atoms with Gasteiger partial charge in [-0.2, -0.15) is 4.98 Å². The number of nitrogens with one attached hydrogen (secondary N) is 1. The van der Waals surface area contributed by atoms with Crippen LogP contribution in [0.5, 0.6) is 5.75 Å². The summed E-state index contributed by atoms with van der Waals surface area (Å²) in [6.07, 6.45) is 0. The summed E-state index contributed by atoms with van der Waals surface area (Å²) in [5.74, 6) is 0.406. The van der Waals surface area contributed by atoms with E-state index in [9.17, 15) is 14.9 Å². The molecule has 1 amide bonds. The molecule has 4 aromatic rings. The molecule has 2 heterocycles. The van der Waals surface area contributed by atoms with Crippen molar-refractivity contribution in [2.75, 3.05) is 12.4 Å². The van der Waals surface area contributed by atoms with E-state index in [0.29, 0.717) is 16.3 Å². The number of hydrogen-bond acceptors (Lipinski definition) is 7. The summed E-state index contributed by atoms with van der Waals surface area (Å²) in [4.78, 5) is 27.9. The first kappa shape index (κ1) is 18.6. The lowest BCUT2D eigenvalue weighted by Crippen LogP contribution is -2.13. The number of rotatable bonds is 5. The highest BCUT2D eigenvalue weighted by molar-refractivity contribution is 7.15. The molecule has 0 atom stereocenters. The minimum absolute atomic E-state index is 0.0383. The Hall–Kier alpha value is -3.79. The highest BCUT2D eigenvalue weighted by atomic mass is 32.1. The van der Waals surface area contributed by atoms with Crippen molar-refractivity contribution in [1.29, 1.82) is 0 Å². The van der Waals surface area contributed by atoms with Crippen LogP contribution in [0, 0.1) is 17.0 Å². The zero-order chi connectivity index (χ0) is 20.5. The van der Waals surface area contributed by atoms with Crippen molar-refractivity contribution >= 4 is 33.8 Å². The van der Waals surface area contributed by atoms with Crippen LogP contribution in [-0.2, 0) is 0 Å². The van der Waals surface area contributed by atoms with Crippen molar-refractivity contribution in [2.45, 2.75) is 6.92 Å². The minimum atomic E-state index is -0.485. The number of benzene rings is 2. The number of nitro groups is 1. The fraction of sp³-hybridized carbons (Fsp3) is 0.105. The quantitative estimate of drug-likeness (QED) is 0.395. The molecule has 0 radical (unpaired) electrons. The van der Waals surface area contributed by atoms with Crippen LogP contribution < -0.4 is 10.1 Å². The monoisotopic (exact) mass is 409 g/mol. The molecule has 0 bridgehead atoms. The van der Waals surface area contributed by atoms with Crippen molar-refractivity contribution < 1.29 is 14.5 Å². The average molecular weight is 409 g/mol. The van der Waals surface area contributed by atoms with E-state index in [0.717, 1.165) is 11.3 Å². The third kappa shape index (κ3) is 3.41. The number of nitrogens with zero attached hydrogens (tertiary/aromatic N) is 4. The van der Waals surface area contributed by atoms with Crippen LogP contribution in [0.4, 0.5) is 11.6 Å². The number of aryl methyl sites for hydroxylation is 1. The second-order valence-corrected chi connectivity index (χ2v) is 7.00. The van der Waals surface area contributed by atoms with Crippen LogP contribution in [0.3, 0.4) is 0 Å². The second kappa shape index (κ2) is 7.32. The van der Waals surface area contributed by atoms with Crippen molar-refractivity contribution in [1.82, 2.24) is 14.6 Å². The Morgan fingerprint density at radius 3 is 2.79 bits per heavy atom. The molecular weight excluding hydrogens is 394 g/mol. The van der Waals surface area contributed by atoms with E-state index in [-0.39, 0.29) is 17.2 Å². The molecule has 2 aromatic heterocycles. The highest BCUT2D eigenvalue weighted by Gasteiger charge is 2.18. The number of carbonyl (C=O) groups excluding carboxylic acids is 1. The van der Waals surface area contributed by atoms with E-state index in [4.69, 9.17) is 4.74 Å². The molecule has 9 nitrogen and oxygen atoms in total. The molecule has 2 aromatic carbocycles. The number of fused-ring (bicyclic) bond motifs is 1.